The third-order valence-corrected chi connectivity index (χ3v) is 6.75. The predicted octanol–water partition coefficient (Wildman–Crippen LogP) is 4.18. The van der Waals surface area contributed by atoms with E-state index in [4.69, 9.17) is 4.74 Å². The normalized spacial score (nSPS) is 19.2. The molecule has 0 spiro atoms. The SMILES string of the molecule is Cc1ccnc([C@H]2C[C@@H]2C(=O)Nc2cnnc(OCc3cn4cc(C5CC5)cc(Br)c4n3)c2)n1. The van der Waals surface area contributed by atoms with Crippen LogP contribution in [0.15, 0.2) is 47.5 Å². The summed E-state index contributed by atoms with van der Waals surface area (Å²) in [6, 6.07) is 5.67. The third-order valence-electron chi connectivity index (χ3n) is 6.17. The van der Waals surface area contributed by atoms with E-state index < -0.39 is 0 Å². The first kappa shape index (κ1) is 21.2. The minimum absolute atomic E-state index is 0.0558. The first-order valence-corrected chi connectivity index (χ1v) is 12.1. The molecule has 0 unspecified atom stereocenters. The molecule has 2 aliphatic rings. The van der Waals surface area contributed by atoms with E-state index >= 15 is 0 Å². The Kier molecular flexibility index (Phi) is 5.24. The van der Waals surface area contributed by atoms with Crippen molar-refractivity contribution in [1.82, 2.24) is 29.5 Å². The molecular weight excluding hydrogens is 498 g/mol. The lowest BCUT2D eigenvalue weighted by atomic mass is 10.2. The van der Waals surface area contributed by atoms with Crippen LogP contribution in [0.2, 0.25) is 0 Å². The molecule has 6 rings (SSSR count). The standard InChI is InChI=1S/C24H22BrN7O2/c1-13-4-5-26-22(28-13)18-8-19(18)24(33)30-16-7-21(31-27-9-16)34-12-17-11-32-10-15(14-2-3-14)6-20(25)23(32)29-17/h4-7,9-11,14,18-19H,2-3,8,12H2,1H3,(H,30,31,33)/t18-,19-/m0/s1. The van der Waals surface area contributed by atoms with Gasteiger partial charge in [0.1, 0.15) is 12.4 Å². The van der Waals surface area contributed by atoms with Gasteiger partial charge >= 0.3 is 0 Å². The first-order chi connectivity index (χ1) is 16.5. The van der Waals surface area contributed by atoms with Crippen LogP contribution in [0.25, 0.3) is 5.65 Å². The average Bonchev–Trinajstić information content (AvgIpc) is 3.74. The highest BCUT2D eigenvalue weighted by Gasteiger charge is 2.46. The summed E-state index contributed by atoms with van der Waals surface area (Å²) < 4.78 is 8.82. The molecule has 4 heterocycles. The van der Waals surface area contributed by atoms with Gasteiger partial charge in [-0.1, -0.05) is 0 Å². The van der Waals surface area contributed by atoms with Crippen LogP contribution in [-0.2, 0) is 11.4 Å². The van der Waals surface area contributed by atoms with E-state index in [9.17, 15) is 4.79 Å². The van der Waals surface area contributed by atoms with Crippen molar-refractivity contribution in [1.29, 1.82) is 0 Å². The summed E-state index contributed by atoms with van der Waals surface area (Å²) in [5.41, 5.74) is 4.40. The van der Waals surface area contributed by atoms with Gasteiger partial charge in [-0.15, -0.1) is 5.10 Å². The molecule has 4 aromatic rings. The fourth-order valence-electron chi connectivity index (χ4n) is 4.12. The molecule has 0 bridgehead atoms. The van der Waals surface area contributed by atoms with Crippen molar-refractivity contribution < 1.29 is 9.53 Å². The van der Waals surface area contributed by atoms with Crippen LogP contribution in [0.4, 0.5) is 5.69 Å². The number of ether oxygens (including phenoxy) is 1. The maximum absolute atomic E-state index is 12.7. The topological polar surface area (TPSA) is 107 Å². The Morgan fingerprint density at radius 3 is 2.97 bits per heavy atom. The Balaban J connectivity index is 1.09. The van der Waals surface area contributed by atoms with E-state index in [1.165, 1.54) is 24.6 Å². The lowest BCUT2D eigenvalue weighted by Crippen LogP contribution is -2.15. The number of imidazole rings is 1. The van der Waals surface area contributed by atoms with Gasteiger partial charge in [0.05, 0.1) is 22.1 Å². The maximum Gasteiger partial charge on any atom is 0.235 e. The largest absolute Gasteiger partial charge is 0.470 e. The number of pyridine rings is 1. The van der Waals surface area contributed by atoms with Crippen LogP contribution in [-0.4, -0.2) is 35.5 Å². The highest BCUT2D eigenvalue weighted by molar-refractivity contribution is 9.10. The van der Waals surface area contributed by atoms with E-state index in [2.05, 4.69) is 58.7 Å². The first-order valence-electron chi connectivity index (χ1n) is 11.3. The van der Waals surface area contributed by atoms with Gasteiger partial charge in [0.25, 0.3) is 0 Å². The molecule has 0 radical (unpaired) electrons. The van der Waals surface area contributed by atoms with Crippen molar-refractivity contribution in [3.63, 3.8) is 0 Å². The van der Waals surface area contributed by atoms with E-state index in [0.29, 0.717) is 17.5 Å². The van der Waals surface area contributed by atoms with Gasteiger partial charge in [-0.25, -0.2) is 15.0 Å². The Bertz CT molecular complexity index is 1400. The number of halogens is 1. The number of nitrogens with zero attached hydrogens (tertiary/aromatic N) is 6. The summed E-state index contributed by atoms with van der Waals surface area (Å²) >= 11 is 3.63. The zero-order chi connectivity index (χ0) is 23.2. The third kappa shape index (κ3) is 4.37. The minimum Gasteiger partial charge on any atom is -0.470 e. The minimum atomic E-state index is -0.142. The van der Waals surface area contributed by atoms with E-state index in [1.54, 1.807) is 12.3 Å². The summed E-state index contributed by atoms with van der Waals surface area (Å²) in [6.45, 7) is 2.16. The Morgan fingerprint density at radius 2 is 2.15 bits per heavy atom. The Labute approximate surface area is 204 Å². The quantitative estimate of drug-likeness (QED) is 0.390. The molecular formula is C24H22BrN7O2. The number of fused-ring (bicyclic) bond motifs is 1. The molecule has 2 saturated carbocycles. The molecule has 2 atom stereocenters. The number of aryl methyl sites for hydroxylation is 1. The van der Waals surface area contributed by atoms with Crippen molar-refractivity contribution in [3.8, 4) is 5.88 Å². The van der Waals surface area contributed by atoms with Crippen LogP contribution in [0.3, 0.4) is 0 Å². The number of anilines is 1. The van der Waals surface area contributed by atoms with Gasteiger partial charge in [0, 0.05) is 42.2 Å². The molecule has 1 N–H and O–H groups in total. The monoisotopic (exact) mass is 519 g/mol. The van der Waals surface area contributed by atoms with Gasteiger partial charge in [-0.3, -0.25) is 4.79 Å². The summed E-state index contributed by atoms with van der Waals surface area (Å²) in [7, 11) is 0. The fourth-order valence-corrected chi connectivity index (χ4v) is 4.68. The summed E-state index contributed by atoms with van der Waals surface area (Å²) in [5, 5.41) is 10.9. The molecule has 0 aromatic carbocycles. The molecule has 2 aliphatic carbocycles. The number of rotatable bonds is 7. The van der Waals surface area contributed by atoms with Gasteiger partial charge in [-0.2, -0.15) is 5.10 Å². The molecule has 34 heavy (non-hydrogen) atoms. The van der Waals surface area contributed by atoms with Crippen LogP contribution >= 0.6 is 15.9 Å². The smallest absolute Gasteiger partial charge is 0.235 e. The lowest BCUT2D eigenvalue weighted by molar-refractivity contribution is -0.117. The Morgan fingerprint density at radius 1 is 1.26 bits per heavy atom. The van der Waals surface area contributed by atoms with Crippen LogP contribution in [0.5, 0.6) is 5.88 Å². The molecule has 2 fully saturated rings. The lowest BCUT2D eigenvalue weighted by Gasteiger charge is -2.07. The number of carbonyl (C=O) groups is 1. The number of nitrogens with one attached hydrogen (secondary N) is 1. The van der Waals surface area contributed by atoms with Crippen LogP contribution in [0, 0.1) is 12.8 Å². The van der Waals surface area contributed by atoms with E-state index in [1.807, 2.05) is 23.6 Å². The van der Waals surface area contributed by atoms with Crippen molar-refractivity contribution in [3.05, 3.63) is 70.2 Å². The number of hydrogen-bond acceptors (Lipinski definition) is 7. The molecule has 10 heteroatoms. The molecule has 4 aromatic heterocycles. The summed E-state index contributed by atoms with van der Waals surface area (Å²) in [4.78, 5) is 26.1. The number of aromatic nitrogens is 6. The van der Waals surface area contributed by atoms with Gasteiger partial charge in [-0.05, 0) is 65.7 Å². The molecule has 172 valence electrons. The highest BCUT2D eigenvalue weighted by atomic mass is 79.9. The second kappa shape index (κ2) is 8.43. The summed E-state index contributed by atoms with van der Waals surface area (Å²) in [5.74, 6) is 1.54. The van der Waals surface area contributed by atoms with Crippen molar-refractivity contribution in [2.45, 2.75) is 44.6 Å². The second-order valence-corrected chi connectivity index (χ2v) is 9.78. The van der Waals surface area contributed by atoms with E-state index in [-0.39, 0.29) is 24.3 Å². The Hall–Kier alpha value is -3.40. The van der Waals surface area contributed by atoms with Gasteiger partial charge in [0.2, 0.25) is 11.8 Å². The zero-order valence-electron chi connectivity index (χ0n) is 18.5. The number of carbonyl (C=O) groups excluding carboxylic acids is 1. The maximum atomic E-state index is 12.7. The second-order valence-electron chi connectivity index (χ2n) is 8.92. The van der Waals surface area contributed by atoms with Crippen LogP contribution < -0.4 is 10.1 Å². The number of amides is 1. The van der Waals surface area contributed by atoms with Gasteiger partial charge < -0.3 is 14.5 Å². The van der Waals surface area contributed by atoms with Crippen molar-refractivity contribution in [2.24, 2.45) is 5.92 Å². The average molecular weight is 520 g/mol. The zero-order valence-corrected chi connectivity index (χ0v) is 20.1. The van der Waals surface area contributed by atoms with Gasteiger partial charge in [0.15, 0.2) is 5.65 Å². The fraction of sp³-hybridized carbons (Fsp3) is 0.333. The predicted molar refractivity (Wildman–Crippen MR) is 127 cm³/mol. The molecule has 0 saturated heterocycles. The van der Waals surface area contributed by atoms with Crippen molar-refractivity contribution >= 4 is 33.2 Å². The van der Waals surface area contributed by atoms with E-state index in [0.717, 1.165) is 33.8 Å². The molecule has 1 amide bonds. The molecule has 0 aliphatic heterocycles. The van der Waals surface area contributed by atoms with Crippen molar-refractivity contribution in [2.75, 3.05) is 5.32 Å². The number of hydrogen-bond donors (Lipinski definition) is 1. The summed E-state index contributed by atoms with van der Waals surface area (Å²) in [6.07, 6.45) is 10.6. The highest BCUT2D eigenvalue weighted by Crippen LogP contribution is 2.46. The van der Waals surface area contributed by atoms with Crippen LogP contribution in [0.1, 0.15) is 53.9 Å². The molecule has 9 nitrogen and oxygen atoms in total.